The average Bonchev–Trinajstić information content (AvgIpc) is 3.00. The Labute approximate surface area is 130 Å². The molecule has 5 heteroatoms. The molecule has 0 N–H and O–H groups in total. The quantitative estimate of drug-likeness (QED) is 0.769. The van der Waals surface area contributed by atoms with E-state index in [4.69, 9.17) is 4.74 Å². The Balaban J connectivity index is 2.44. The lowest BCUT2D eigenvalue weighted by Crippen LogP contribution is -2.37. The van der Waals surface area contributed by atoms with Gasteiger partial charge in [0, 0.05) is 6.61 Å². The van der Waals surface area contributed by atoms with Crippen LogP contribution in [0.25, 0.3) is 11.8 Å². The van der Waals surface area contributed by atoms with Crippen LogP contribution in [-0.4, -0.2) is 32.8 Å². The van der Waals surface area contributed by atoms with Crippen molar-refractivity contribution < 1.29 is 9.53 Å². The van der Waals surface area contributed by atoms with Crippen molar-refractivity contribution in [2.24, 2.45) is 0 Å². The largest absolute Gasteiger partial charge is 0.368 e. The third kappa shape index (κ3) is 3.68. The number of benzene rings is 1. The number of Topliss-reactive ketones (excluding diaryl/α,β-unsaturated/α-hetero) is 1. The van der Waals surface area contributed by atoms with Crippen molar-refractivity contribution in [1.29, 1.82) is 0 Å². The monoisotopic (exact) mass is 299 g/mol. The number of carbonyl (C=O) groups is 1. The van der Waals surface area contributed by atoms with E-state index < -0.39 is 5.60 Å². The van der Waals surface area contributed by atoms with Gasteiger partial charge in [0.1, 0.15) is 24.0 Å². The van der Waals surface area contributed by atoms with Gasteiger partial charge in [-0.2, -0.15) is 5.10 Å². The summed E-state index contributed by atoms with van der Waals surface area (Å²) in [5.74, 6) is -0.138. The van der Waals surface area contributed by atoms with Crippen LogP contribution in [0.15, 0.2) is 36.9 Å². The van der Waals surface area contributed by atoms with Crippen molar-refractivity contribution in [3.8, 4) is 0 Å². The summed E-state index contributed by atoms with van der Waals surface area (Å²) in [5, 5.41) is 4.09. The second-order valence-corrected chi connectivity index (χ2v) is 5.55. The lowest BCUT2D eigenvalue weighted by Gasteiger charge is -2.24. The topological polar surface area (TPSA) is 57.0 Å². The van der Waals surface area contributed by atoms with Gasteiger partial charge in [-0.3, -0.25) is 4.79 Å². The normalized spacial score (nSPS) is 12.5. The first-order valence-corrected chi connectivity index (χ1v) is 7.26. The van der Waals surface area contributed by atoms with E-state index >= 15 is 0 Å². The van der Waals surface area contributed by atoms with Gasteiger partial charge in [-0.05, 0) is 39.3 Å². The van der Waals surface area contributed by atoms with Crippen LogP contribution >= 0.6 is 0 Å². The number of aromatic nitrogens is 3. The molecule has 5 nitrogen and oxygen atoms in total. The van der Waals surface area contributed by atoms with Gasteiger partial charge >= 0.3 is 0 Å². The van der Waals surface area contributed by atoms with E-state index in [0.717, 1.165) is 5.56 Å². The van der Waals surface area contributed by atoms with Gasteiger partial charge in [0.25, 0.3) is 0 Å². The molecule has 2 rings (SSSR count). The third-order valence-corrected chi connectivity index (χ3v) is 3.33. The molecule has 0 unspecified atom stereocenters. The van der Waals surface area contributed by atoms with Gasteiger partial charge in [-0.1, -0.05) is 29.8 Å². The molecule has 2 aromatic rings. The van der Waals surface area contributed by atoms with Gasteiger partial charge in [-0.15, -0.1) is 0 Å². The SMILES string of the molecule is CCOC(C)(C)C(=O)/C(=C/c1ccc(C)cc1)n1cncn1. The molecule has 0 aliphatic carbocycles. The predicted molar refractivity (Wildman–Crippen MR) is 86.1 cm³/mol. The molecule has 1 aromatic heterocycles. The van der Waals surface area contributed by atoms with Crippen molar-refractivity contribution in [2.45, 2.75) is 33.3 Å². The lowest BCUT2D eigenvalue weighted by molar-refractivity contribution is -0.133. The maximum atomic E-state index is 12.8. The maximum Gasteiger partial charge on any atom is 0.212 e. The molecule has 1 heterocycles. The van der Waals surface area contributed by atoms with Gasteiger partial charge in [0.2, 0.25) is 5.78 Å². The van der Waals surface area contributed by atoms with E-state index in [-0.39, 0.29) is 5.78 Å². The van der Waals surface area contributed by atoms with Crippen LogP contribution in [0.4, 0.5) is 0 Å². The molecule has 0 aliphatic heterocycles. The van der Waals surface area contributed by atoms with Gasteiger partial charge in [0.15, 0.2) is 0 Å². The van der Waals surface area contributed by atoms with Crippen molar-refractivity contribution in [1.82, 2.24) is 14.8 Å². The highest BCUT2D eigenvalue weighted by Crippen LogP contribution is 2.21. The summed E-state index contributed by atoms with van der Waals surface area (Å²) < 4.78 is 7.05. The zero-order valence-electron chi connectivity index (χ0n) is 13.4. The highest BCUT2D eigenvalue weighted by atomic mass is 16.5. The third-order valence-electron chi connectivity index (χ3n) is 3.33. The molecule has 0 saturated carbocycles. The number of hydrogen-bond acceptors (Lipinski definition) is 4. The minimum Gasteiger partial charge on any atom is -0.368 e. The van der Waals surface area contributed by atoms with Gasteiger partial charge < -0.3 is 4.74 Å². The molecule has 0 amide bonds. The van der Waals surface area contributed by atoms with E-state index in [2.05, 4.69) is 10.1 Å². The Hall–Kier alpha value is -2.27. The van der Waals surface area contributed by atoms with E-state index in [1.807, 2.05) is 38.1 Å². The van der Waals surface area contributed by atoms with Crippen LogP contribution < -0.4 is 0 Å². The summed E-state index contributed by atoms with van der Waals surface area (Å²) in [6, 6.07) is 7.94. The van der Waals surface area contributed by atoms with E-state index in [9.17, 15) is 4.79 Å². The number of aryl methyl sites for hydroxylation is 1. The number of hydrogen-bond donors (Lipinski definition) is 0. The van der Waals surface area contributed by atoms with Crippen molar-refractivity contribution in [3.05, 3.63) is 48.0 Å². The fraction of sp³-hybridized carbons (Fsp3) is 0.353. The standard InChI is InChI=1S/C17H21N3O2/c1-5-22-17(3,4)16(21)15(20-12-18-11-19-20)10-14-8-6-13(2)7-9-14/h6-12H,5H2,1-4H3/b15-10-. The number of nitrogens with zero attached hydrogens (tertiary/aromatic N) is 3. The molecule has 0 radical (unpaired) electrons. The smallest absolute Gasteiger partial charge is 0.212 e. The second-order valence-electron chi connectivity index (χ2n) is 5.55. The van der Waals surface area contributed by atoms with E-state index in [0.29, 0.717) is 12.3 Å². The fourth-order valence-electron chi connectivity index (χ4n) is 2.12. The number of ketones is 1. The summed E-state index contributed by atoms with van der Waals surface area (Å²) in [6.45, 7) is 7.88. The van der Waals surface area contributed by atoms with Crippen molar-refractivity contribution in [2.75, 3.05) is 6.61 Å². The Morgan fingerprint density at radius 3 is 2.55 bits per heavy atom. The highest BCUT2D eigenvalue weighted by molar-refractivity contribution is 6.23. The zero-order valence-corrected chi connectivity index (χ0v) is 13.4. The van der Waals surface area contributed by atoms with Crippen LogP contribution in [0.1, 0.15) is 31.9 Å². The first kappa shape index (κ1) is 16.1. The molecule has 116 valence electrons. The molecule has 1 aromatic carbocycles. The minimum atomic E-state index is -0.919. The first-order chi connectivity index (χ1) is 10.4. The number of carbonyl (C=O) groups excluding carboxylic acids is 1. The van der Waals surface area contributed by atoms with Crippen molar-refractivity contribution >= 4 is 17.6 Å². The summed E-state index contributed by atoms with van der Waals surface area (Å²) >= 11 is 0. The van der Waals surface area contributed by atoms with Crippen LogP contribution in [0.2, 0.25) is 0 Å². The molecule has 0 fully saturated rings. The van der Waals surface area contributed by atoms with E-state index in [1.54, 1.807) is 19.9 Å². The molecule has 0 atom stereocenters. The number of rotatable bonds is 6. The lowest BCUT2D eigenvalue weighted by atomic mass is 9.99. The molecular weight excluding hydrogens is 278 g/mol. The maximum absolute atomic E-state index is 12.8. The minimum absolute atomic E-state index is 0.138. The molecule has 0 saturated heterocycles. The van der Waals surface area contributed by atoms with Crippen LogP contribution in [0, 0.1) is 6.92 Å². The summed E-state index contributed by atoms with van der Waals surface area (Å²) in [4.78, 5) is 16.8. The summed E-state index contributed by atoms with van der Waals surface area (Å²) in [7, 11) is 0. The van der Waals surface area contributed by atoms with Crippen molar-refractivity contribution in [3.63, 3.8) is 0 Å². The Morgan fingerprint density at radius 1 is 1.32 bits per heavy atom. The van der Waals surface area contributed by atoms with Crippen LogP contribution in [0.3, 0.4) is 0 Å². The van der Waals surface area contributed by atoms with Crippen LogP contribution in [0.5, 0.6) is 0 Å². The van der Waals surface area contributed by atoms with E-state index in [1.165, 1.54) is 22.9 Å². The average molecular weight is 299 g/mol. The molecule has 0 spiro atoms. The Kier molecular flexibility index (Phi) is 4.88. The first-order valence-electron chi connectivity index (χ1n) is 7.26. The Bertz CT molecular complexity index is 656. The van der Waals surface area contributed by atoms with Crippen LogP contribution in [-0.2, 0) is 9.53 Å². The molecule has 0 aliphatic rings. The zero-order chi connectivity index (χ0) is 16.2. The van der Waals surface area contributed by atoms with Gasteiger partial charge in [0.05, 0.1) is 0 Å². The highest BCUT2D eigenvalue weighted by Gasteiger charge is 2.32. The summed E-state index contributed by atoms with van der Waals surface area (Å²) in [5.41, 5.74) is 1.61. The Morgan fingerprint density at radius 2 is 2.00 bits per heavy atom. The fourth-order valence-corrected chi connectivity index (χ4v) is 2.12. The summed E-state index contributed by atoms with van der Waals surface area (Å²) in [6.07, 6.45) is 4.72. The predicted octanol–water partition coefficient (Wildman–Crippen LogP) is 2.97. The number of ether oxygens (including phenoxy) is 1. The second kappa shape index (κ2) is 6.66. The molecule has 0 bridgehead atoms. The molecule has 22 heavy (non-hydrogen) atoms. The molecular formula is C17H21N3O2. The van der Waals surface area contributed by atoms with Gasteiger partial charge in [-0.25, -0.2) is 9.67 Å².